The van der Waals surface area contributed by atoms with Crippen LogP contribution in [0.4, 0.5) is 4.39 Å². The third kappa shape index (κ3) is 3.42. The third-order valence-electron chi connectivity index (χ3n) is 3.09. The van der Waals surface area contributed by atoms with E-state index in [1.165, 1.54) is 13.2 Å². The van der Waals surface area contributed by atoms with E-state index in [0.29, 0.717) is 6.42 Å². The fourth-order valence-electron chi connectivity index (χ4n) is 2.00. The fourth-order valence-corrected chi connectivity index (χ4v) is 2.32. The topological polar surface area (TPSA) is 18.5 Å². The second-order valence-corrected chi connectivity index (χ2v) is 4.94. The number of ether oxygens (including phenoxy) is 2. The molecule has 0 aliphatic heterocycles. The summed E-state index contributed by atoms with van der Waals surface area (Å²) >= 11 is 6.36. The number of halogens is 2. The van der Waals surface area contributed by atoms with Gasteiger partial charge in [0.2, 0.25) is 0 Å². The molecule has 0 aromatic heterocycles. The van der Waals surface area contributed by atoms with Crippen molar-refractivity contribution in [2.45, 2.75) is 11.8 Å². The summed E-state index contributed by atoms with van der Waals surface area (Å²) in [6.45, 7) is 0. The zero-order valence-electron chi connectivity index (χ0n) is 11.4. The van der Waals surface area contributed by atoms with Crippen LogP contribution in [-0.2, 0) is 6.42 Å². The molecule has 0 aliphatic carbocycles. The molecule has 0 heterocycles. The Kier molecular flexibility index (Phi) is 4.85. The Morgan fingerprint density at radius 3 is 2.55 bits per heavy atom. The molecule has 2 aromatic rings. The molecule has 0 saturated carbocycles. The van der Waals surface area contributed by atoms with Crippen LogP contribution >= 0.6 is 11.6 Å². The molecule has 0 bridgehead atoms. The van der Waals surface area contributed by atoms with E-state index >= 15 is 0 Å². The molecular weight excluding hydrogens is 279 g/mol. The monoisotopic (exact) mass is 294 g/mol. The highest BCUT2D eigenvalue weighted by atomic mass is 35.5. The van der Waals surface area contributed by atoms with Crippen LogP contribution in [0.5, 0.6) is 11.5 Å². The Balaban J connectivity index is 2.14. The summed E-state index contributed by atoms with van der Waals surface area (Å²) in [6.07, 6.45) is 0.602. The van der Waals surface area contributed by atoms with Crippen molar-refractivity contribution in [1.82, 2.24) is 0 Å². The highest BCUT2D eigenvalue weighted by molar-refractivity contribution is 6.20. The van der Waals surface area contributed by atoms with Crippen LogP contribution in [0.1, 0.15) is 16.5 Å². The summed E-state index contributed by atoms with van der Waals surface area (Å²) < 4.78 is 23.7. The molecule has 0 radical (unpaired) electrons. The van der Waals surface area contributed by atoms with E-state index in [1.807, 2.05) is 24.3 Å². The molecule has 0 amide bonds. The van der Waals surface area contributed by atoms with Crippen molar-refractivity contribution in [3.63, 3.8) is 0 Å². The van der Waals surface area contributed by atoms with Gasteiger partial charge >= 0.3 is 0 Å². The van der Waals surface area contributed by atoms with Crippen molar-refractivity contribution in [3.05, 3.63) is 59.4 Å². The standard InChI is InChI=1S/C16H16ClFO2/c1-19-13-5-3-4-11(8-13)9-14(17)12-6-7-16(20-2)15(18)10-12/h3-8,10,14H,9H2,1-2H3. The zero-order chi connectivity index (χ0) is 14.5. The number of hydrogen-bond donors (Lipinski definition) is 0. The van der Waals surface area contributed by atoms with Crippen LogP contribution in [-0.4, -0.2) is 14.2 Å². The summed E-state index contributed by atoms with van der Waals surface area (Å²) in [5, 5.41) is -0.303. The van der Waals surface area contributed by atoms with Gasteiger partial charge in [0.15, 0.2) is 11.6 Å². The molecule has 0 spiro atoms. The Hall–Kier alpha value is -1.74. The van der Waals surface area contributed by atoms with Crippen molar-refractivity contribution < 1.29 is 13.9 Å². The van der Waals surface area contributed by atoms with E-state index in [-0.39, 0.29) is 11.1 Å². The van der Waals surface area contributed by atoms with E-state index in [1.54, 1.807) is 19.2 Å². The predicted molar refractivity (Wildman–Crippen MR) is 78.2 cm³/mol. The van der Waals surface area contributed by atoms with Crippen LogP contribution < -0.4 is 9.47 Å². The lowest BCUT2D eigenvalue weighted by atomic mass is 10.0. The average molecular weight is 295 g/mol. The van der Waals surface area contributed by atoms with Crippen molar-refractivity contribution in [3.8, 4) is 11.5 Å². The van der Waals surface area contributed by atoms with Crippen molar-refractivity contribution in [2.24, 2.45) is 0 Å². The molecule has 1 atom stereocenters. The number of hydrogen-bond acceptors (Lipinski definition) is 2. The minimum Gasteiger partial charge on any atom is -0.497 e. The maximum absolute atomic E-state index is 13.7. The normalized spacial score (nSPS) is 12.0. The number of benzene rings is 2. The van der Waals surface area contributed by atoms with Crippen molar-refractivity contribution in [1.29, 1.82) is 0 Å². The molecule has 2 rings (SSSR count). The first kappa shape index (κ1) is 14.7. The largest absolute Gasteiger partial charge is 0.497 e. The van der Waals surface area contributed by atoms with Crippen molar-refractivity contribution in [2.75, 3.05) is 14.2 Å². The zero-order valence-corrected chi connectivity index (χ0v) is 12.2. The highest BCUT2D eigenvalue weighted by Crippen LogP contribution is 2.29. The van der Waals surface area contributed by atoms with Gasteiger partial charge in [-0.2, -0.15) is 0 Å². The second kappa shape index (κ2) is 6.62. The molecule has 1 unspecified atom stereocenters. The summed E-state index contributed by atoms with van der Waals surface area (Å²) in [6, 6.07) is 12.5. The maximum atomic E-state index is 13.7. The van der Waals surface area contributed by atoms with Crippen LogP contribution in [0.25, 0.3) is 0 Å². The number of rotatable bonds is 5. The highest BCUT2D eigenvalue weighted by Gasteiger charge is 2.12. The number of methoxy groups -OCH3 is 2. The Morgan fingerprint density at radius 2 is 1.90 bits per heavy atom. The molecule has 20 heavy (non-hydrogen) atoms. The molecule has 0 fully saturated rings. The van der Waals surface area contributed by atoms with Crippen LogP contribution in [0, 0.1) is 5.82 Å². The van der Waals surface area contributed by atoms with Gasteiger partial charge in [-0.25, -0.2) is 4.39 Å². The van der Waals surface area contributed by atoms with Crippen LogP contribution in [0.3, 0.4) is 0 Å². The molecule has 4 heteroatoms. The lowest BCUT2D eigenvalue weighted by Crippen LogP contribution is -1.98. The summed E-state index contributed by atoms with van der Waals surface area (Å²) in [5.41, 5.74) is 1.77. The first-order chi connectivity index (χ1) is 9.63. The first-order valence-electron chi connectivity index (χ1n) is 6.24. The van der Waals surface area contributed by atoms with E-state index in [2.05, 4.69) is 0 Å². The quantitative estimate of drug-likeness (QED) is 0.763. The van der Waals surface area contributed by atoms with Gasteiger partial charge in [-0.3, -0.25) is 0 Å². The van der Waals surface area contributed by atoms with Gasteiger partial charge in [0, 0.05) is 0 Å². The molecule has 106 valence electrons. The molecule has 0 N–H and O–H groups in total. The molecular formula is C16H16ClFO2. The SMILES string of the molecule is COc1cccc(CC(Cl)c2ccc(OC)c(F)c2)c1. The Bertz CT molecular complexity index is 586. The number of alkyl halides is 1. The molecule has 2 aromatic carbocycles. The molecule has 0 saturated heterocycles. The minimum absolute atomic E-state index is 0.221. The van der Waals surface area contributed by atoms with Crippen LogP contribution in [0.15, 0.2) is 42.5 Å². The van der Waals surface area contributed by atoms with E-state index < -0.39 is 5.82 Å². The van der Waals surface area contributed by atoms with Gasteiger partial charge in [0.25, 0.3) is 0 Å². The lowest BCUT2D eigenvalue weighted by molar-refractivity contribution is 0.386. The third-order valence-corrected chi connectivity index (χ3v) is 3.49. The summed E-state index contributed by atoms with van der Waals surface area (Å²) in [5.74, 6) is 0.604. The Morgan fingerprint density at radius 1 is 1.10 bits per heavy atom. The predicted octanol–water partition coefficient (Wildman–Crippen LogP) is 4.37. The lowest BCUT2D eigenvalue weighted by Gasteiger charge is -2.12. The van der Waals surface area contributed by atoms with Crippen molar-refractivity contribution >= 4 is 11.6 Å². The summed E-state index contributed by atoms with van der Waals surface area (Å²) in [4.78, 5) is 0. The Labute approximate surface area is 123 Å². The van der Waals surface area contributed by atoms with E-state index in [0.717, 1.165) is 16.9 Å². The smallest absolute Gasteiger partial charge is 0.165 e. The van der Waals surface area contributed by atoms with Gasteiger partial charge in [-0.15, -0.1) is 11.6 Å². The van der Waals surface area contributed by atoms with Gasteiger partial charge in [0.05, 0.1) is 19.6 Å². The van der Waals surface area contributed by atoms with E-state index in [4.69, 9.17) is 21.1 Å². The first-order valence-corrected chi connectivity index (χ1v) is 6.68. The molecule has 2 nitrogen and oxygen atoms in total. The fraction of sp³-hybridized carbons (Fsp3) is 0.250. The average Bonchev–Trinajstić information content (AvgIpc) is 2.47. The molecule has 0 aliphatic rings. The van der Waals surface area contributed by atoms with E-state index in [9.17, 15) is 4.39 Å². The van der Waals surface area contributed by atoms with Crippen LogP contribution in [0.2, 0.25) is 0 Å². The van der Waals surface area contributed by atoms with Gasteiger partial charge in [0.1, 0.15) is 5.75 Å². The second-order valence-electron chi connectivity index (χ2n) is 4.42. The van der Waals surface area contributed by atoms with Gasteiger partial charge in [-0.05, 0) is 41.8 Å². The van der Waals surface area contributed by atoms with Gasteiger partial charge < -0.3 is 9.47 Å². The maximum Gasteiger partial charge on any atom is 0.165 e. The summed E-state index contributed by atoms with van der Waals surface area (Å²) in [7, 11) is 3.06. The minimum atomic E-state index is -0.402. The van der Waals surface area contributed by atoms with Gasteiger partial charge in [-0.1, -0.05) is 18.2 Å².